The van der Waals surface area contributed by atoms with Gasteiger partial charge in [0.2, 0.25) is 0 Å². The number of benzene rings is 3. The van der Waals surface area contributed by atoms with E-state index in [2.05, 4.69) is 0 Å². The highest BCUT2D eigenvalue weighted by Gasteiger charge is 2.45. The second kappa shape index (κ2) is 11.0. The minimum Gasteiger partial charge on any atom is -0.507 e. The number of hydrogen-bond donors (Lipinski definition) is 1. The van der Waals surface area contributed by atoms with Crippen molar-refractivity contribution < 1.29 is 24.2 Å². The fourth-order valence-electron chi connectivity index (χ4n) is 4.32. The smallest absolute Gasteiger partial charge is 0.295 e. The van der Waals surface area contributed by atoms with E-state index < -0.39 is 17.7 Å². The van der Waals surface area contributed by atoms with Crippen molar-refractivity contribution in [2.45, 2.75) is 26.0 Å². The SMILES string of the molecule is COCCCN1C(=O)C(=O)/C(=C(\O)c2ccc(OCc3ccccc3)c(C)c2)C1c1ccccc1. The minimum absolute atomic E-state index is 0.0935. The molecule has 0 radical (unpaired) electrons. The van der Waals surface area contributed by atoms with Crippen molar-refractivity contribution in [3.8, 4) is 5.75 Å². The molecule has 0 bridgehead atoms. The van der Waals surface area contributed by atoms with Crippen LogP contribution in [-0.2, 0) is 20.9 Å². The van der Waals surface area contributed by atoms with E-state index in [0.29, 0.717) is 37.5 Å². The van der Waals surface area contributed by atoms with Gasteiger partial charge in [0.05, 0.1) is 11.6 Å². The predicted octanol–water partition coefficient (Wildman–Crippen LogP) is 5.03. The van der Waals surface area contributed by atoms with Crippen molar-refractivity contribution in [2.75, 3.05) is 20.3 Å². The van der Waals surface area contributed by atoms with Crippen LogP contribution >= 0.6 is 0 Å². The van der Waals surface area contributed by atoms with Gasteiger partial charge in [0.25, 0.3) is 11.7 Å². The number of likely N-dealkylation sites (tertiary alicyclic amines) is 1. The number of carbonyl (C=O) groups is 2. The maximum Gasteiger partial charge on any atom is 0.295 e. The summed E-state index contributed by atoms with van der Waals surface area (Å²) < 4.78 is 11.1. The summed E-state index contributed by atoms with van der Waals surface area (Å²) in [5, 5.41) is 11.3. The summed E-state index contributed by atoms with van der Waals surface area (Å²) in [6.07, 6.45) is 0.583. The Morgan fingerprint density at radius 2 is 1.66 bits per heavy atom. The molecule has 0 aliphatic carbocycles. The Morgan fingerprint density at radius 3 is 2.31 bits per heavy atom. The summed E-state index contributed by atoms with van der Waals surface area (Å²) in [5.74, 6) is -0.805. The Hall–Kier alpha value is -3.90. The number of Topliss-reactive ketones (excluding diaryl/α,β-unsaturated/α-hetero) is 1. The van der Waals surface area contributed by atoms with Gasteiger partial charge in [-0.3, -0.25) is 9.59 Å². The van der Waals surface area contributed by atoms with E-state index in [-0.39, 0.29) is 11.3 Å². The maximum atomic E-state index is 13.1. The van der Waals surface area contributed by atoms with Gasteiger partial charge in [-0.15, -0.1) is 0 Å². The molecule has 1 unspecified atom stereocenters. The highest BCUT2D eigenvalue weighted by Crippen LogP contribution is 2.39. The number of nitrogens with zero attached hydrogens (tertiary/aromatic N) is 1. The first-order valence-corrected chi connectivity index (χ1v) is 11.6. The summed E-state index contributed by atoms with van der Waals surface area (Å²) in [7, 11) is 1.60. The van der Waals surface area contributed by atoms with Gasteiger partial charge in [0.15, 0.2) is 0 Å². The van der Waals surface area contributed by atoms with Gasteiger partial charge >= 0.3 is 0 Å². The lowest BCUT2D eigenvalue weighted by Gasteiger charge is -2.25. The van der Waals surface area contributed by atoms with Gasteiger partial charge in [0.1, 0.15) is 18.1 Å². The number of aliphatic hydroxyl groups excluding tert-OH is 1. The lowest BCUT2D eigenvalue weighted by atomic mass is 9.95. The molecule has 1 aliphatic heterocycles. The van der Waals surface area contributed by atoms with E-state index >= 15 is 0 Å². The first kappa shape index (κ1) is 24.2. The standard InChI is InChI=1S/C29H29NO5/c1-20-18-23(14-15-24(20)35-19-21-10-5-3-6-11-21)27(31)25-26(22-12-7-4-8-13-22)30(16-9-17-34-2)29(33)28(25)32/h3-8,10-15,18,26,31H,9,16-17,19H2,1-2H3/b27-25-. The van der Waals surface area contributed by atoms with E-state index in [0.717, 1.165) is 16.7 Å². The van der Waals surface area contributed by atoms with Gasteiger partial charge in [-0.05, 0) is 48.2 Å². The quantitative estimate of drug-likeness (QED) is 0.205. The molecule has 1 heterocycles. The molecule has 0 aromatic heterocycles. The molecule has 1 amide bonds. The van der Waals surface area contributed by atoms with Crippen molar-refractivity contribution in [3.05, 3.63) is 107 Å². The zero-order chi connectivity index (χ0) is 24.8. The first-order chi connectivity index (χ1) is 17.0. The van der Waals surface area contributed by atoms with Crippen LogP contribution in [0.25, 0.3) is 5.76 Å². The number of rotatable bonds is 9. The van der Waals surface area contributed by atoms with Crippen molar-refractivity contribution in [3.63, 3.8) is 0 Å². The third-order valence-corrected chi connectivity index (χ3v) is 6.09. The molecule has 1 aliphatic rings. The summed E-state index contributed by atoms with van der Waals surface area (Å²) in [5.41, 5.74) is 3.19. The molecule has 6 heteroatoms. The highest BCUT2D eigenvalue weighted by molar-refractivity contribution is 6.46. The normalized spacial score (nSPS) is 17.1. The highest BCUT2D eigenvalue weighted by atomic mass is 16.5. The van der Waals surface area contributed by atoms with E-state index in [1.165, 1.54) is 4.90 Å². The summed E-state index contributed by atoms with van der Waals surface area (Å²) in [6.45, 7) is 3.12. The van der Waals surface area contributed by atoms with Crippen molar-refractivity contribution in [1.82, 2.24) is 4.90 Å². The topological polar surface area (TPSA) is 76.1 Å². The third-order valence-electron chi connectivity index (χ3n) is 6.09. The lowest BCUT2D eigenvalue weighted by Crippen LogP contribution is -2.31. The molecule has 1 fully saturated rings. The van der Waals surface area contributed by atoms with Crippen LogP contribution in [0.2, 0.25) is 0 Å². The molecule has 180 valence electrons. The van der Waals surface area contributed by atoms with Gasteiger partial charge in [-0.1, -0.05) is 60.7 Å². The molecule has 1 atom stereocenters. The Bertz CT molecular complexity index is 1220. The maximum absolute atomic E-state index is 13.1. The summed E-state index contributed by atoms with van der Waals surface area (Å²) in [6, 6.07) is 23.8. The molecular weight excluding hydrogens is 442 g/mol. The zero-order valence-corrected chi connectivity index (χ0v) is 19.9. The fourth-order valence-corrected chi connectivity index (χ4v) is 4.32. The Kier molecular flexibility index (Phi) is 7.63. The monoisotopic (exact) mass is 471 g/mol. The second-order valence-corrected chi connectivity index (χ2v) is 8.50. The van der Waals surface area contributed by atoms with Gasteiger partial charge < -0.3 is 19.5 Å². The molecular formula is C29H29NO5. The van der Waals surface area contributed by atoms with E-state index in [9.17, 15) is 14.7 Å². The van der Waals surface area contributed by atoms with Crippen molar-refractivity contribution >= 4 is 17.4 Å². The number of carbonyl (C=O) groups excluding carboxylic acids is 2. The molecule has 3 aromatic carbocycles. The Labute approximate surface area is 205 Å². The van der Waals surface area contributed by atoms with E-state index in [1.54, 1.807) is 25.3 Å². The van der Waals surface area contributed by atoms with Crippen LogP contribution < -0.4 is 4.74 Å². The minimum atomic E-state index is -0.684. The van der Waals surface area contributed by atoms with Crippen LogP contribution in [0.15, 0.2) is 84.4 Å². The van der Waals surface area contributed by atoms with Gasteiger partial charge in [-0.25, -0.2) is 0 Å². The first-order valence-electron chi connectivity index (χ1n) is 11.6. The number of hydrogen-bond acceptors (Lipinski definition) is 5. The lowest BCUT2D eigenvalue weighted by molar-refractivity contribution is -0.140. The summed E-state index contributed by atoms with van der Waals surface area (Å²) >= 11 is 0. The van der Waals surface area contributed by atoms with Crippen LogP contribution in [0, 0.1) is 6.92 Å². The molecule has 0 saturated carbocycles. The molecule has 35 heavy (non-hydrogen) atoms. The zero-order valence-electron chi connectivity index (χ0n) is 19.9. The number of ether oxygens (including phenoxy) is 2. The third kappa shape index (κ3) is 5.28. The number of ketones is 1. The van der Waals surface area contributed by atoms with Crippen LogP contribution in [0.3, 0.4) is 0 Å². The van der Waals surface area contributed by atoms with Crippen LogP contribution in [0.4, 0.5) is 0 Å². The molecule has 6 nitrogen and oxygen atoms in total. The Morgan fingerprint density at radius 1 is 0.971 bits per heavy atom. The largest absolute Gasteiger partial charge is 0.507 e. The van der Waals surface area contributed by atoms with Crippen molar-refractivity contribution in [2.24, 2.45) is 0 Å². The molecule has 3 aromatic rings. The predicted molar refractivity (Wildman–Crippen MR) is 134 cm³/mol. The van der Waals surface area contributed by atoms with Crippen LogP contribution in [0.1, 0.15) is 34.7 Å². The van der Waals surface area contributed by atoms with Crippen molar-refractivity contribution in [1.29, 1.82) is 0 Å². The molecule has 4 rings (SSSR count). The van der Waals surface area contributed by atoms with Gasteiger partial charge in [0, 0.05) is 25.8 Å². The molecule has 0 spiro atoms. The molecule has 1 saturated heterocycles. The number of aryl methyl sites for hydroxylation is 1. The van der Waals surface area contributed by atoms with Gasteiger partial charge in [-0.2, -0.15) is 0 Å². The average Bonchev–Trinajstić information content (AvgIpc) is 3.14. The van der Waals surface area contributed by atoms with E-state index in [1.807, 2.05) is 67.6 Å². The number of amides is 1. The summed E-state index contributed by atoms with van der Waals surface area (Å²) in [4.78, 5) is 27.6. The number of methoxy groups -OCH3 is 1. The van der Waals surface area contributed by atoms with Crippen LogP contribution in [0.5, 0.6) is 5.75 Å². The van der Waals surface area contributed by atoms with E-state index in [4.69, 9.17) is 9.47 Å². The van der Waals surface area contributed by atoms with Crippen LogP contribution in [-0.4, -0.2) is 42.0 Å². The molecule has 1 N–H and O–H groups in total. The average molecular weight is 472 g/mol. The Balaban J connectivity index is 1.66. The number of aliphatic hydroxyl groups is 1. The fraction of sp³-hybridized carbons (Fsp3) is 0.241. The second-order valence-electron chi connectivity index (χ2n) is 8.50.